The van der Waals surface area contributed by atoms with Gasteiger partial charge < -0.3 is 4.74 Å². The number of aryl methyl sites for hydroxylation is 1. The van der Waals surface area contributed by atoms with Gasteiger partial charge in [0.05, 0.1) is 5.60 Å². The summed E-state index contributed by atoms with van der Waals surface area (Å²) in [4.78, 5) is 0. The van der Waals surface area contributed by atoms with Gasteiger partial charge in [0, 0.05) is 12.0 Å². The fraction of sp³-hybridized carbons (Fsp3) is 0.538. The molecule has 2 heteroatoms. The minimum absolute atomic E-state index is 0.0543. The molecule has 1 aliphatic heterocycles. The molecule has 1 aromatic carbocycles. The lowest BCUT2D eigenvalue weighted by molar-refractivity contribution is -0.0806. The standard InChI is InChI=1S/C13H15ClO/c14-11-6-8-15-13(9-11)7-5-10-3-1-2-4-12(10)13/h1-4,11H,5-9H2. The molecule has 1 fully saturated rings. The molecule has 2 aliphatic rings. The zero-order chi connectivity index (χ0) is 10.3. The predicted molar refractivity (Wildman–Crippen MR) is 61.3 cm³/mol. The van der Waals surface area contributed by atoms with Gasteiger partial charge in [0.25, 0.3) is 0 Å². The zero-order valence-corrected chi connectivity index (χ0v) is 9.46. The smallest absolute Gasteiger partial charge is 0.0951 e. The van der Waals surface area contributed by atoms with E-state index in [2.05, 4.69) is 24.3 Å². The second-order valence-corrected chi connectivity index (χ2v) is 5.21. The molecule has 0 aromatic heterocycles. The van der Waals surface area contributed by atoms with Crippen molar-refractivity contribution in [1.82, 2.24) is 0 Å². The Morgan fingerprint density at radius 3 is 3.07 bits per heavy atom. The van der Waals surface area contributed by atoms with E-state index in [0.717, 1.165) is 32.3 Å². The summed E-state index contributed by atoms with van der Waals surface area (Å²) in [6.07, 6.45) is 4.21. The maximum Gasteiger partial charge on any atom is 0.0951 e. The molecule has 1 nitrogen and oxygen atoms in total. The summed E-state index contributed by atoms with van der Waals surface area (Å²) in [5.41, 5.74) is 2.78. The zero-order valence-electron chi connectivity index (χ0n) is 8.71. The van der Waals surface area contributed by atoms with Crippen LogP contribution in [0, 0.1) is 0 Å². The van der Waals surface area contributed by atoms with E-state index in [1.54, 1.807) is 0 Å². The summed E-state index contributed by atoms with van der Waals surface area (Å²) in [6.45, 7) is 0.808. The summed E-state index contributed by atoms with van der Waals surface area (Å²) < 4.78 is 6.04. The quantitative estimate of drug-likeness (QED) is 0.613. The van der Waals surface area contributed by atoms with E-state index in [4.69, 9.17) is 16.3 Å². The Morgan fingerprint density at radius 2 is 2.20 bits per heavy atom. The monoisotopic (exact) mass is 222 g/mol. The molecular formula is C13H15ClO. The first-order chi connectivity index (χ1) is 7.30. The number of hydrogen-bond acceptors (Lipinski definition) is 1. The Kier molecular flexibility index (Phi) is 2.26. The van der Waals surface area contributed by atoms with E-state index in [1.807, 2.05) is 0 Å². The molecule has 0 bridgehead atoms. The topological polar surface area (TPSA) is 9.23 Å². The van der Waals surface area contributed by atoms with Crippen LogP contribution in [0.4, 0.5) is 0 Å². The molecular weight excluding hydrogens is 208 g/mol. The average Bonchev–Trinajstić information content (AvgIpc) is 2.59. The average molecular weight is 223 g/mol. The highest BCUT2D eigenvalue weighted by Crippen LogP contribution is 2.46. The Balaban J connectivity index is 2.00. The van der Waals surface area contributed by atoms with Crippen molar-refractivity contribution in [3.05, 3.63) is 35.4 Å². The second kappa shape index (κ2) is 3.50. The lowest BCUT2D eigenvalue weighted by atomic mass is 9.88. The normalized spacial score (nSPS) is 34.3. The SMILES string of the molecule is ClC1CCOC2(CCc3ccccc32)C1. The Labute approximate surface area is 95.4 Å². The fourth-order valence-corrected chi connectivity index (χ4v) is 3.26. The van der Waals surface area contributed by atoms with E-state index < -0.39 is 0 Å². The van der Waals surface area contributed by atoms with Crippen LogP contribution in [0.25, 0.3) is 0 Å². The number of halogens is 1. The van der Waals surface area contributed by atoms with Crippen LogP contribution in [0.15, 0.2) is 24.3 Å². The van der Waals surface area contributed by atoms with Crippen molar-refractivity contribution in [3.63, 3.8) is 0 Å². The third-order valence-electron chi connectivity index (χ3n) is 3.67. The summed E-state index contributed by atoms with van der Waals surface area (Å²) in [5, 5.41) is 0.282. The van der Waals surface area contributed by atoms with Crippen molar-refractivity contribution in [1.29, 1.82) is 0 Å². The van der Waals surface area contributed by atoms with Crippen LogP contribution >= 0.6 is 11.6 Å². The molecule has 1 saturated heterocycles. The summed E-state index contributed by atoms with van der Waals surface area (Å²) in [5.74, 6) is 0. The molecule has 80 valence electrons. The number of hydrogen-bond donors (Lipinski definition) is 0. The van der Waals surface area contributed by atoms with Gasteiger partial charge in [0.2, 0.25) is 0 Å². The van der Waals surface area contributed by atoms with Crippen molar-refractivity contribution in [2.75, 3.05) is 6.61 Å². The first kappa shape index (κ1) is 9.68. The highest BCUT2D eigenvalue weighted by molar-refractivity contribution is 6.20. The minimum Gasteiger partial charge on any atom is -0.370 e. The molecule has 0 radical (unpaired) electrons. The predicted octanol–water partition coefficient (Wildman–Crippen LogP) is 3.25. The van der Waals surface area contributed by atoms with Crippen molar-refractivity contribution < 1.29 is 4.74 Å². The molecule has 0 N–H and O–H groups in total. The van der Waals surface area contributed by atoms with E-state index in [9.17, 15) is 0 Å². The van der Waals surface area contributed by atoms with Gasteiger partial charge in [-0.15, -0.1) is 11.6 Å². The molecule has 1 spiro atoms. The van der Waals surface area contributed by atoms with E-state index >= 15 is 0 Å². The van der Waals surface area contributed by atoms with Gasteiger partial charge in [0.15, 0.2) is 0 Å². The Bertz CT molecular complexity index is 373. The number of alkyl halides is 1. The van der Waals surface area contributed by atoms with E-state index in [-0.39, 0.29) is 11.0 Å². The Morgan fingerprint density at radius 1 is 1.33 bits per heavy atom. The number of benzene rings is 1. The van der Waals surface area contributed by atoms with Gasteiger partial charge in [-0.2, -0.15) is 0 Å². The van der Waals surface area contributed by atoms with E-state index in [1.165, 1.54) is 11.1 Å². The van der Waals surface area contributed by atoms with Gasteiger partial charge in [-0.25, -0.2) is 0 Å². The highest BCUT2D eigenvalue weighted by atomic mass is 35.5. The molecule has 2 unspecified atom stereocenters. The number of rotatable bonds is 0. The maximum atomic E-state index is 6.27. The molecule has 0 amide bonds. The van der Waals surface area contributed by atoms with Crippen LogP contribution < -0.4 is 0 Å². The van der Waals surface area contributed by atoms with Crippen molar-refractivity contribution in [2.45, 2.75) is 36.7 Å². The maximum absolute atomic E-state index is 6.27. The fourth-order valence-electron chi connectivity index (χ4n) is 2.92. The lowest BCUT2D eigenvalue weighted by Gasteiger charge is -2.37. The summed E-state index contributed by atoms with van der Waals surface area (Å²) >= 11 is 6.27. The van der Waals surface area contributed by atoms with Crippen molar-refractivity contribution >= 4 is 11.6 Å². The molecule has 1 aliphatic carbocycles. The lowest BCUT2D eigenvalue weighted by Crippen LogP contribution is -2.35. The molecule has 1 aromatic rings. The van der Waals surface area contributed by atoms with Gasteiger partial charge in [-0.1, -0.05) is 24.3 Å². The van der Waals surface area contributed by atoms with Gasteiger partial charge in [0.1, 0.15) is 0 Å². The van der Waals surface area contributed by atoms with Crippen LogP contribution in [-0.4, -0.2) is 12.0 Å². The molecule has 3 rings (SSSR count). The largest absolute Gasteiger partial charge is 0.370 e. The van der Waals surface area contributed by atoms with Crippen LogP contribution in [-0.2, 0) is 16.8 Å². The summed E-state index contributed by atoms with van der Waals surface area (Å²) in [7, 11) is 0. The van der Waals surface area contributed by atoms with Gasteiger partial charge >= 0.3 is 0 Å². The number of ether oxygens (including phenoxy) is 1. The highest BCUT2D eigenvalue weighted by Gasteiger charge is 2.43. The Hall–Kier alpha value is -0.530. The third kappa shape index (κ3) is 1.49. The number of fused-ring (bicyclic) bond motifs is 2. The molecule has 1 heterocycles. The van der Waals surface area contributed by atoms with Gasteiger partial charge in [-0.05, 0) is 36.8 Å². The third-order valence-corrected chi connectivity index (χ3v) is 4.04. The van der Waals surface area contributed by atoms with Crippen LogP contribution in [0.3, 0.4) is 0 Å². The van der Waals surface area contributed by atoms with Crippen molar-refractivity contribution in [3.8, 4) is 0 Å². The first-order valence-electron chi connectivity index (χ1n) is 5.67. The first-order valence-corrected chi connectivity index (χ1v) is 6.10. The van der Waals surface area contributed by atoms with Crippen LogP contribution in [0.5, 0.6) is 0 Å². The van der Waals surface area contributed by atoms with Crippen molar-refractivity contribution in [2.24, 2.45) is 0 Å². The van der Waals surface area contributed by atoms with Gasteiger partial charge in [-0.3, -0.25) is 0 Å². The minimum atomic E-state index is -0.0543. The van der Waals surface area contributed by atoms with Crippen LogP contribution in [0.2, 0.25) is 0 Å². The second-order valence-electron chi connectivity index (χ2n) is 4.59. The molecule has 2 atom stereocenters. The summed E-state index contributed by atoms with van der Waals surface area (Å²) in [6, 6.07) is 8.63. The molecule has 15 heavy (non-hydrogen) atoms. The molecule has 0 saturated carbocycles. The van der Waals surface area contributed by atoms with Crippen LogP contribution in [0.1, 0.15) is 30.4 Å². The van der Waals surface area contributed by atoms with E-state index in [0.29, 0.717) is 0 Å².